The van der Waals surface area contributed by atoms with Gasteiger partial charge in [-0.1, -0.05) is 36.9 Å². The average Bonchev–Trinajstić information content (AvgIpc) is 2.35. The van der Waals surface area contributed by atoms with Crippen molar-refractivity contribution in [3.05, 3.63) is 46.3 Å². The molecule has 1 aromatic heterocycles. The van der Waals surface area contributed by atoms with Crippen molar-refractivity contribution in [2.24, 2.45) is 0 Å². The molecule has 4 heteroatoms. The minimum absolute atomic E-state index is 0.127. The first kappa shape index (κ1) is 11.9. The summed E-state index contributed by atoms with van der Waals surface area (Å²) in [4.78, 5) is 23.4. The van der Waals surface area contributed by atoms with Crippen molar-refractivity contribution >= 4 is 27.8 Å². The van der Waals surface area contributed by atoms with Crippen molar-refractivity contribution in [2.45, 2.75) is 13.3 Å². The number of rotatable bonds is 3. The number of thioether (sulfide) groups is 1. The van der Waals surface area contributed by atoms with E-state index in [0.29, 0.717) is 11.3 Å². The first-order valence-corrected chi connectivity index (χ1v) is 6.41. The van der Waals surface area contributed by atoms with Gasteiger partial charge in [0.05, 0.1) is 0 Å². The Balaban J connectivity index is 2.44. The average molecular weight is 248 g/mol. The van der Waals surface area contributed by atoms with Crippen LogP contribution in [0.2, 0.25) is 0 Å². The SMILES string of the molecule is CCCSC(=O)c1cc2ccccc2oc1=O. The lowest BCUT2D eigenvalue weighted by Crippen LogP contribution is -2.11. The van der Waals surface area contributed by atoms with Gasteiger partial charge in [-0.25, -0.2) is 4.79 Å². The van der Waals surface area contributed by atoms with E-state index in [1.165, 1.54) is 0 Å². The number of fused-ring (bicyclic) bond motifs is 1. The highest BCUT2D eigenvalue weighted by molar-refractivity contribution is 8.14. The minimum Gasteiger partial charge on any atom is -0.422 e. The minimum atomic E-state index is -0.558. The summed E-state index contributed by atoms with van der Waals surface area (Å²) in [6.07, 6.45) is 0.898. The highest BCUT2D eigenvalue weighted by atomic mass is 32.2. The summed E-state index contributed by atoms with van der Waals surface area (Å²) in [6, 6.07) is 8.77. The summed E-state index contributed by atoms with van der Waals surface area (Å²) in [5, 5.41) is 0.555. The Morgan fingerprint density at radius 2 is 2.12 bits per heavy atom. The number of hydrogen-bond acceptors (Lipinski definition) is 4. The molecule has 88 valence electrons. The lowest BCUT2D eigenvalue weighted by Gasteiger charge is -2.00. The van der Waals surface area contributed by atoms with Crippen LogP contribution in [0.1, 0.15) is 23.7 Å². The topological polar surface area (TPSA) is 47.3 Å². The second kappa shape index (κ2) is 5.19. The van der Waals surface area contributed by atoms with E-state index in [1.54, 1.807) is 18.2 Å². The highest BCUT2D eigenvalue weighted by Gasteiger charge is 2.13. The van der Waals surface area contributed by atoms with Crippen molar-refractivity contribution in [1.29, 1.82) is 0 Å². The Morgan fingerprint density at radius 3 is 2.88 bits per heavy atom. The van der Waals surface area contributed by atoms with Crippen LogP contribution in [0.5, 0.6) is 0 Å². The fraction of sp³-hybridized carbons (Fsp3) is 0.231. The summed E-state index contributed by atoms with van der Waals surface area (Å²) in [5.41, 5.74) is 0.0778. The van der Waals surface area contributed by atoms with E-state index in [-0.39, 0.29) is 10.7 Å². The van der Waals surface area contributed by atoms with Crippen LogP contribution >= 0.6 is 11.8 Å². The van der Waals surface area contributed by atoms with Crippen LogP contribution in [0.3, 0.4) is 0 Å². The fourth-order valence-corrected chi connectivity index (χ4v) is 2.16. The Labute approximate surface area is 103 Å². The second-order valence-electron chi connectivity index (χ2n) is 3.62. The van der Waals surface area contributed by atoms with Crippen molar-refractivity contribution in [3.63, 3.8) is 0 Å². The molecule has 0 atom stereocenters. The maximum Gasteiger partial charge on any atom is 0.348 e. The third-order valence-corrected chi connectivity index (χ3v) is 3.39. The molecule has 0 unspecified atom stereocenters. The van der Waals surface area contributed by atoms with Crippen LogP contribution in [0, 0.1) is 0 Å². The summed E-state index contributed by atoms with van der Waals surface area (Å²) < 4.78 is 5.10. The first-order chi connectivity index (χ1) is 8.22. The molecule has 0 saturated carbocycles. The predicted octanol–water partition coefficient (Wildman–Crippen LogP) is 3.08. The van der Waals surface area contributed by atoms with Crippen LogP contribution in [-0.2, 0) is 0 Å². The van der Waals surface area contributed by atoms with Gasteiger partial charge >= 0.3 is 5.63 Å². The van der Waals surface area contributed by atoms with Gasteiger partial charge in [-0.15, -0.1) is 0 Å². The zero-order valence-electron chi connectivity index (χ0n) is 9.43. The smallest absolute Gasteiger partial charge is 0.348 e. The van der Waals surface area contributed by atoms with Crippen LogP contribution in [-0.4, -0.2) is 10.9 Å². The van der Waals surface area contributed by atoms with Gasteiger partial charge in [-0.3, -0.25) is 4.79 Å². The van der Waals surface area contributed by atoms with Gasteiger partial charge in [0, 0.05) is 11.1 Å². The quantitative estimate of drug-likeness (QED) is 0.783. The summed E-state index contributed by atoms with van der Waals surface area (Å²) >= 11 is 1.15. The monoisotopic (exact) mass is 248 g/mol. The van der Waals surface area contributed by atoms with Gasteiger partial charge in [-0.05, 0) is 18.6 Å². The molecule has 0 radical (unpaired) electrons. The third-order valence-electron chi connectivity index (χ3n) is 2.30. The van der Waals surface area contributed by atoms with Crippen LogP contribution in [0.4, 0.5) is 0 Å². The molecule has 0 bridgehead atoms. The number of para-hydroxylation sites is 1. The maximum atomic E-state index is 11.8. The van der Waals surface area contributed by atoms with Crippen molar-refractivity contribution in [2.75, 3.05) is 5.75 Å². The molecule has 0 aliphatic rings. The molecule has 0 aliphatic heterocycles. The summed E-state index contributed by atoms with van der Waals surface area (Å²) in [7, 11) is 0. The Morgan fingerprint density at radius 1 is 1.35 bits per heavy atom. The molecular weight excluding hydrogens is 236 g/mol. The van der Waals surface area contributed by atoms with Crippen molar-refractivity contribution in [1.82, 2.24) is 0 Å². The van der Waals surface area contributed by atoms with E-state index in [0.717, 1.165) is 23.6 Å². The highest BCUT2D eigenvalue weighted by Crippen LogP contribution is 2.16. The molecule has 1 heterocycles. The van der Waals surface area contributed by atoms with Gasteiger partial charge in [0.15, 0.2) is 0 Å². The van der Waals surface area contributed by atoms with Crippen LogP contribution in [0.25, 0.3) is 11.0 Å². The van der Waals surface area contributed by atoms with E-state index < -0.39 is 5.63 Å². The molecule has 0 spiro atoms. The lowest BCUT2D eigenvalue weighted by atomic mass is 10.2. The largest absolute Gasteiger partial charge is 0.422 e. The van der Waals surface area contributed by atoms with Crippen molar-refractivity contribution in [3.8, 4) is 0 Å². The third kappa shape index (κ3) is 2.58. The summed E-state index contributed by atoms with van der Waals surface area (Å²) in [5.74, 6) is 0.713. The normalized spacial score (nSPS) is 10.6. The number of carbonyl (C=O) groups excluding carboxylic acids is 1. The summed E-state index contributed by atoms with van der Waals surface area (Å²) in [6.45, 7) is 1.99. The first-order valence-electron chi connectivity index (χ1n) is 5.42. The van der Waals surface area contributed by atoms with Gasteiger partial charge in [0.25, 0.3) is 0 Å². The fourth-order valence-electron chi connectivity index (χ4n) is 1.48. The molecule has 2 aromatic rings. The van der Waals surface area contributed by atoms with Crippen LogP contribution in [0.15, 0.2) is 39.5 Å². The lowest BCUT2D eigenvalue weighted by molar-refractivity contribution is 0.108. The Hall–Kier alpha value is -1.55. The zero-order valence-corrected chi connectivity index (χ0v) is 10.3. The molecule has 3 nitrogen and oxygen atoms in total. The maximum absolute atomic E-state index is 11.8. The zero-order chi connectivity index (χ0) is 12.3. The Bertz CT molecular complexity index is 601. The molecule has 0 saturated heterocycles. The number of carbonyl (C=O) groups is 1. The molecule has 0 fully saturated rings. The molecule has 0 amide bonds. The van der Waals surface area contributed by atoms with E-state index in [4.69, 9.17) is 4.42 Å². The van der Waals surface area contributed by atoms with Gasteiger partial charge in [0.1, 0.15) is 11.1 Å². The molecule has 1 aromatic carbocycles. The number of benzene rings is 1. The van der Waals surface area contributed by atoms with Gasteiger partial charge in [-0.2, -0.15) is 0 Å². The van der Waals surface area contributed by atoms with Crippen LogP contribution < -0.4 is 5.63 Å². The standard InChI is InChI=1S/C13H12O3S/c1-2-7-17-13(15)10-8-9-5-3-4-6-11(9)16-12(10)14/h3-6,8H,2,7H2,1H3. The number of hydrogen-bond donors (Lipinski definition) is 0. The van der Waals surface area contributed by atoms with Crippen molar-refractivity contribution < 1.29 is 9.21 Å². The van der Waals surface area contributed by atoms with Gasteiger partial charge < -0.3 is 4.42 Å². The van der Waals surface area contributed by atoms with E-state index >= 15 is 0 Å². The Kier molecular flexibility index (Phi) is 3.64. The molecule has 0 aliphatic carbocycles. The second-order valence-corrected chi connectivity index (χ2v) is 4.69. The van der Waals surface area contributed by atoms with E-state index in [2.05, 4.69) is 0 Å². The van der Waals surface area contributed by atoms with Gasteiger partial charge in [0.2, 0.25) is 5.12 Å². The van der Waals surface area contributed by atoms with E-state index in [1.807, 2.05) is 19.1 Å². The molecular formula is C13H12O3S. The molecule has 2 rings (SSSR count). The molecule has 0 N–H and O–H groups in total. The predicted molar refractivity (Wildman–Crippen MR) is 69.6 cm³/mol. The van der Waals surface area contributed by atoms with E-state index in [9.17, 15) is 9.59 Å². The molecule has 17 heavy (non-hydrogen) atoms.